The Labute approximate surface area is 81.9 Å². The first-order chi connectivity index (χ1) is 6.07. The summed E-state index contributed by atoms with van der Waals surface area (Å²) in [5, 5.41) is 0. The van der Waals surface area contributed by atoms with Gasteiger partial charge in [0.15, 0.2) is 0 Å². The van der Waals surface area contributed by atoms with Crippen LogP contribution in [-0.2, 0) is 0 Å². The Hall–Kier alpha value is -0.120. The Morgan fingerprint density at radius 3 is 2.23 bits per heavy atom. The molecule has 1 heterocycles. The van der Waals surface area contributed by atoms with Crippen molar-refractivity contribution in [2.24, 2.45) is 5.73 Å². The quantitative estimate of drug-likeness (QED) is 0.671. The van der Waals surface area contributed by atoms with Crippen LogP contribution in [0.25, 0.3) is 0 Å². The highest BCUT2D eigenvalue weighted by Crippen LogP contribution is 2.16. The highest BCUT2D eigenvalue weighted by atomic mass is 15.3. The summed E-state index contributed by atoms with van der Waals surface area (Å²) in [6, 6.07) is 0. The van der Waals surface area contributed by atoms with E-state index in [9.17, 15) is 0 Å². The van der Waals surface area contributed by atoms with Gasteiger partial charge in [0.2, 0.25) is 0 Å². The van der Waals surface area contributed by atoms with Crippen LogP contribution in [0.4, 0.5) is 0 Å². The summed E-state index contributed by atoms with van der Waals surface area (Å²) in [5.41, 5.74) is 6.01. The molecule has 78 valence electrons. The zero-order valence-corrected chi connectivity index (χ0v) is 9.21. The summed E-state index contributed by atoms with van der Waals surface area (Å²) in [6.07, 6.45) is 0. The Kier molecular flexibility index (Phi) is 3.71. The summed E-state index contributed by atoms with van der Waals surface area (Å²) in [5.74, 6) is 0. The number of hydrogen-bond donors (Lipinski definition) is 1. The maximum Gasteiger partial charge on any atom is 0.0383 e. The van der Waals surface area contributed by atoms with E-state index in [4.69, 9.17) is 5.73 Å². The van der Waals surface area contributed by atoms with Crippen LogP contribution in [0, 0.1) is 0 Å². The summed E-state index contributed by atoms with van der Waals surface area (Å²) in [6.45, 7) is 13.4. The van der Waals surface area contributed by atoms with Gasteiger partial charge in [0.1, 0.15) is 0 Å². The molecule has 0 aromatic carbocycles. The second-order valence-electron chi connectivity index (χ2n) is 4.39. The molecule has 0 spiro atoms. The number of rotatable bonds is 5. The first kappa shape index (κ1) is 11.0. The molecule has 1 rings (SSSR count). The molecule has 0 saturated carbocycles. The van der Waals surface area contributed by atoms with Gasteiger partial charge in [0, 0.05) is 31.7 Å². The van der Waals surface area contributed by atoms with Crippen molar-refractivity contribution in [1.29, 1.82) is 0 Å². The first-order valence-corrected chi connectivity index (χ1v) is 5.31. The lowest BCUT2D eigenvalue weighted by molar-refractivity contribution is 0.0726. The van der Waals surface area contributed by atoms with Gasteiger partial charge < -0.3 is 10.6 Å². The van der Waals surface area contributed by atoms with E-state index in [0.29, 0.717) is 0 Å². The molecule has 0 amide bonds. The first-order valence-electron chi connectivity index (χ1n) is 5.31. The zero-order chi connectivity index (χ0) is 9.90. The number of likely N-dealkylation sites (tertiary alicyclic amines) is 1. The SMILES string of the molecule is CCN(CC)CCN1CC(C)(N)C1. The molecule has 2 N–H and O–H groups in total. The molecule has 3 nitrogen and oxygen atoms in total. The second-order valence-corrected chi connectivity index (χ2v) is 4.39. The Morgan fingerprint density at radius 1 is 1.31 bits per heavy atom. The van der Waals surface area contributed by atoms with E-state index in [2.05, 4.69) is 30.6 Å². The van der Waals surface area contributed by atoms with Gasteiger partial charge in [-0.05, 0) is 20.0 Å². The fourth-order valence-corrected chi connectivity index (χ4v) is 1.96. The number of hydrogen-bond acceptors (Lipinski definition) is 3. The fourth-order valence-electron chi connectivity index (χ4n) is 1.96. The topological polar surface area (TPSA) is 32.5 Å². The van der Waals surface area contributed by atoms with Gasteiger partial charge in [0.05, 0.1) is 0 Å². The smallest absolute Gasteiger partial charge is 0.0383 e. The van der Waals surface area contributed by atoms with Crippen LogP contribution in [0.3, 0.4) is 0 Å². The lowest BCUT2D eigenvalue weighted by Crippen LogP contribution is -2.66. The maximum atomic E-state index is 5.93. The number of likely N-dealkylation sites (N-methyl/N-ethyl adjacent to an activating group) is 1. The molecule has 0 unspecified atom stereocenters. The predicted molar refractivity (Wildman–Crippen MR) is 56.8 cm³/mol. The molecule has 1 saturated heterocycles. The molecular formula is C10H23N3. The van der Waals surface area contributed by atoms with Gasteiger partial charge in [-0.1, -0.05) is 13.8 Å². The van der Waals surface area contributed by atoms with E-state index in [1.165, 1.54) is 13.1 Å². The molecule has 0 aromatic heterocycles. The van der Waals surface area contributed by atoms with Crippen molar-refractivity contribution < 1.29 is 0 Å². The normalized spacial score (nSPS) is 21.9. The third-order valence-corrected chi connectivity index (χ3v) is 2.80. The lowest BCUT2D eigenvalue weighted by atomic mass is 9.94. The summed E-state index contributed by atoms with van der Waals surface area (Å²) < 4.78 is 0. The minimum atomic E-state index is 0.0866. The molecule has 0 radical (unpaired) electrons. The summed E-state index contributed by atoms with van der Waals surface area (Å²) in [7, 11) is 0. The average Bonchev–Trinajstić information content (AvgIpc) is 2.03. The maximum absolute atomic E-state index is 5.93. The lowest BCUT2D eigenvalue weighted by Gasteiger charge is -2.46. The fraction of sp³-hybridized carbons (Fsp3) is 1.00. The van der Waals surface area contributed by atoms with E-state index in [1.54, 1.807) is 0 Å². The molecular weight excluding hydrogens is 162 g/mol. The average molecular weight is 185 g/mol. The standard InChI is InChI=1S/C10H23N3/c1-4-12(5-2)6-7-13-8-10(3,11)9-13/h4-9,11H2,1-3H3. The van der Waals surface area contributed by atoms with E-state index in [1.807, 2.05) is 0 Å². The van der Waals surface area contributed by atoms with Crippen molar-refractivity contribution >= 4 is 0 Å². The van der Waals surface area contributed by atoms with Crippen molar-refractivity contribution in [2.45, 2.75) is 26.3 Å². The van der Waals surface area contributed by atoms with Crippen molar-refractivity contribution in [3.63, 3.8) is 0 Å². The molecule has 0 atom stereocenters. The molecule has 3 heteroatoms. The van der Waals surface area contributed by atoms with E-state index < -0.39 is 0 Å². The Bertz CT molecular complexity index is 144. The van der Waals surface area contributed by atoms with E-state index in [-0.39, 0.29) is 5.54 Å². The summed E-state index contributed by atoms with van der Waals surface area (Å²) >= 11 is 0. The highest BCUT2D eigenvalue weighted by Gasteiger charge is 2.34. The third-order valence-electron chi connectivity index (χ3n) is 2.80. The molecule has 1 aliphatic heterocycles. The van der Waals surface area contributed by atoms with Crippen molar-refractivity contribution in [2.75, 3.05) is 39.3 Å². The van der Waals surface area contributed by atoms with Crippen LogP contribution >= 0.6 is 0 Å². The molecule has 0 aromatic rings. The van der Waals surface area contributed by atoms with Crippen LogP contribution in [0.5, 0.6) is 0 Å². The highest BCUT2D eigenvalue weighted by molar-refractivity contribution is 4.95. The minimum absolute atomic E-state index is 0.0866. The van der Waals surface area contributed by atoms with E-state index in [0.717, 1.165) is 26.2 Å². The molecule has 1 fully saturated rings. The van der Waals surface area contributed by atoms with Gasteiger partial charge in [-0.15, -0.1) is 0 Å². The number of nitrogens with two attached hydrogens (primary N) is 1. The van der Waals surface area contributed by atoms with Gasteiger partial charge in [0.25, 0.3) is 0 Å². The van der Waals surface area contributed by atoms with Crippen molar-refractivity contribution in [3.8, 4) is 0 Å². The van der Waals surface area contributed by atoms with Crippen molar-refractivity contribution in [1.82, 2.24) is 9.80 Å². The van der Waals surface area contributed by atoms with Gasteiger partial charge in [-0.3, -0.25) is 4.90 Å². The van der Waals surface area contributed by atoms with Gasteiger partial charge in [-0.25, -0.2) is 0 Å². The van der Waals surface area contributed by atoms with Gasteiger partial charge >= 0.3 is 0 Å². The minimum Gasteiger partial charge on any atom is -0.323 e. The Morgan fingerprint density at radius 2 is 1.85 bits per heavy atom. The van der Waals surface area contributed by atoms with Crippen LogP contribution in [0.1, 0.15) is 20.8 Å². The van der Waals surface area contributed by atoms with Crippen molar-refractivity contribution in [3.05, 3.63) is 0 Å². The molecule has 0 aliphatic carbocycles. The van der Waals surface area contributed by atoms with Crippen LogP contribution in [0.15, 0.2) is 0 Å². The van der Waals surface area contributed by atoms with Crippen LogP contribution in [0.2, 0.25) is 0 Å². The second kappa shape index (κ2) is 4.40. The predicted octanol–water partition coefficient (Wildman–Crippen LogP) is 0.361. The monoisotopic (exact) mass is 185 g/mol. The van der Waals surface area contributed by atoms with Crippen LogP contribution < -0.4 is 5.73 Å². The third kappa shape index (κ3) is 3.25. The molecule has 13 heavy (non-hydrogen) atoms. The largest absolute Gasteiger partial charge is 0.323 e. The zero-order valence-electron chi connectivity index (χ0n) is 9.21. The summed E-state index contributed by atoms with van der Waals surface area (Å²) in [4.78, 5) is 4.88. The van der Waals surface area contributed by atoms with Crippen LogP contribution in [-0.4, -0.2) is 54.6 Å². The molecule has 1 aliphatic rings. The Balaban J connectivity index is 2.08. The van der Waals surface area contributed by atoms with E-state index >= 15 is 0 Å². The number of nitrogens with zero attached hydrogens (tertiary/aromatic N) is 2. The van der Waals surface area contributed by atoms with Gasteiger partial charge in [-0.2, -0.15) is 0 Å². The molecule has 0 bridgehead atoms.